The molecule has 2 aromatic heterocycles. The van der Waals surface area contributed by atoms with Gasteiger partial charge in [-0.3, -0.25) is 4.79 Å². The molecule has 8 nitrogen and oxygen atoms in total. The number of furan rings is 1. The molecule has 22 heavy (non-hydrogen) atoms. The standard InChI is InChI=1S/C14H13N5O3/c20-14(15-8-13-5-2-6-21-13)9-22-12-4-1-3-11(7-12)19-10-16-17-18-19/h1-7,10H,8-9H2,(H,15,20). The Morgan fingerprint density at radius 2 is 2.27 bits per heavy atom. The van der Waals surface area contributed by atoms with E-state index in [-0.39, 0.29) is 12.5 Å². The number of nitrogens with one attached hydrogen (secondary N) is 1. The Balaban J connectivity index is 1.53. The second-order valence-corrected chi connectivity index (χ2v) is 4.40. The van der Waals surface area contributed by atoms with E-state index in [1.54, 1.807) is 36.6 Å². The van der Waals surface area contributed by atoms with E-state index in [9.17, 15) is 4.79 Å². The molecule has 0 saturated carbocycles. The topological polar surface area (TPSA) is 95.1 Å². The summed E-state index contributed by atoms with van der Waals surface area (Å²) >= 11 is 0. The molecule has 0 aliphatic carbocycles. The molecule has 2 heterocycles. The van der Waals surface area contributed by atoms with E-state index in [2.05, 4.69) is 20.8 Å². The van der Waals surface area contributed by atoms with Gasteiger partial charge in [-0.1, -0.05) is 6.07 Å². The minimum absolute atomic E-state index is 0.0836. The van der Waals surface area contributed by atoms with Gasteiger partial charge in [-0.15, -0.1) is 5.10 Å². The number of amides is 1. The fourth-order valence-corrected chi connectivity index (χ4v) is 1.79. The average Bonchev–Trinajstić information content (AvgIpc) is 3.24. The zero-order chi connectivity index (χ0) is 15.2. The lowest BCUT2D eigenvalue weighted by atomic mass is 10.3. The van der Waals surface area contributed by atoms with Crippen molar-refractivity contribution < 1.29 is 13.9 Å². The van der Waals surface area contributed by atoms with Gasteiger partial charge in [0.2, 0.25) is 0 Å². The molecular weight excluding hydrogens is 286 g/mol. The van der Waals surface area contributed by atoms with Crippen LogP contribution in [0.5, 0.6) is 5.75 Å². The van der Waals surface area contributed by atoms with Crippen molar-refractivity contribution >= 4 is 5.91 Å². The number of rotatable bonds is 6. The highest BCUT2D eigenvalue weighted by atomic mass is 16.5. The van der Waals surface area contributed by atoms with Crippen molar-refractivity contribution in [2.45, 2.75) is 6.54 Å². The highest BCUT2D eigenvalue weighted by Crippen LogP contribution is 2.15. The highest BCUT2D eigenvalue weighted by molar-refractivity contribution is 5.77. The van der Waals surface area contributed by atoms with Crippen LogP contribution < -0.4 is 10.1 Å². The van der Waals surface area contributed by atoms with Crippen LogP contribution >= 0.6 is 0 Å². The Morgan fingerprint density at radius 1 is 1.32 bits per heavy atom. The summed E-state index contributed by atoms with van der Waals surface area (Å²) in [6.45, 7) is 0.250. The molecule has 0 spiro atoms. The summed E-state index contributed by atoms with van der Waals surface area (Å²) in [5.41, 5.74) is 0.749. The third kappa shape index (κ3) is 3.48. The summed E-state index contributed by atoms with van der Waals surface area (Å²) < 4.78 is 12.1. The molecule has 3 aromatic rings. The Kier molecular flexibility index (Phi) is 4.10. The van der Waals surface area contributed by atoms with Gasteiger partial charge in [-0.25, -0.2) is 4.68 Å². The predicted molar refractivity (Wildman–Crippen MR) is 75.2 cm³/mol. The van der Waals surface area contributed by atoms with Crippen molar-refractivity contribution in [3.63, 3.8) is 0 Å². The molecule has 1 aromatic carbocycles. The van der Waals surface area contributed by atoms with Gasteiger partial charge in [-0.05, 0) is 34.7 Å². The number of benzene rings is 1. The predicted octanol–water partition coefficient (Wildman–Crippen LogP) is 0.950. The smallest absolute Gasteiger partial charge is 0.258 e. The minimum Gasteiger partial charge on any atom is -0.484 e. The molecule has 0 radical (unpaired) electrons. The molecule has 0 atom stereocenters. The number of nitrogens with zero attached hydrogens (tertiary/aromatic N) is 4. The van der Waals surface area contributed by atoms with Crippen LogP contribution in [0.1, 0.15) is 5.76 Å². The summed E-state index contributed by atoms with van der Waals surface area (Å²) in [7, 11) is 0. The first-order valence-corrected chi connectivity index (χ1v) is 6.56. The number of aromatic nitrogens is 4. The summed E-state index contributed by atoms with van der Waals surface area (Å²) in [4.78, 5) is 11.7. The summed E-state index contributed by atoms with van der Waals surface area (Å²) in [5, 5.41) is 13.6. The second-order valence-electron chi connectivity index (χ2n) is 4.40. The van der Waals surface area contributed by atoms with Gasteiger partial charge < -0.3 is 14.5 Å². The van der Waals surface area contributed by atoms with Crippen LogP contribution in [-0.2, 0) is 11.3 Å². The summed E-state index contributed by atoms with van der Waals surface area (Å²) in [6.07, 6.45) is 3.04. The molecule has 0 saturated heterocycles. The van der Waals surface area contributed by atoms with E-state index in [0.29, 0.717) is 18.1 Å². The van der Waals surface area contributed by atoms with Crippen LogP contribution in [0.3, 0.4) is 0 Å². The molecule has 1 amide bonds. The van der Waals surface area contributed by atoms with Crippen LogP contribution in [0.4, 0.5) is 0 Å². The van der Waals surface area contributed by atoms with Crippen molar-refractivity contribution in [2.24, 2.45) is 0 Å². The van der Waals surface area contributed by atoms with Crippen molar-refractivity contribution in [1.29, 1.82) is 0 Å². The Bertz CT molecular complexity index is 725. The van der Waals surface area contributed by atoms with Crippen LogP contribution in [0.15, 0.2) is 53.4 Å². The number of hydrogen-bond donors (Lipinski definition) is 1. The number of tetrazole rings is 1. The van der Waals surface area contributed by atoms with Crippen LogP contribution in [0.25, 0.3) is 5.69 Å². The van der Waals surface area contributed by atoms with Gasteiger partial charge in [0, 0.05) is 6.07 Å². The third-order valence-corrected chi connectivity index (χ3v) is 2.84. The number of carbonyl (C=O) groups is 1. The summed E-state index contributed by atoms with van der Waals surface area (Å²) in [5.74, 6) is 1.01. The first kappa shape index (κ1) is 13.8. The van der Waals surface area contributed by atoms with E-state index >= 15 is 0 Å². The molecule has 0 aliphatic rings. The molecule has 0 unspecified atom stereocenters. The Labute approximate surface area is 125 Å². The van der Waals surface area contributed by atoms with E-state index < -0.39 is 0 Å². The van der Waals surface area contributed by atoms with Crippen molar-refractivity contribution in [1.82, 2.24) is 25.5 Å². The first-order chi connectivity index (χ1) is 10.8. The van der Waals surface area contributed by atoms with Gasteiger partial charge in [0.1, 0.15) is 17.8 Å². The van der Waals surface area contributed by atoms with Gasteiger partial charge in [-0.2, -0.15) is 0 Å². The Morgan fingerprint density at radius 3 is 3.05 bits per heavy atom. The lowest BCUT2D eigenvalue weighted by molar-refractivity contribution is -0.123. The number of carbonyl (C=O) groups excluding carboxylic acids is 1. The van der Waals surface area contributed by atoms with E-state index in [0.717, 1.165) is 5.69 Å². The molecule has 3 rings (SSSR count). The van der Waals surface area contributed by atoms with E-state index in [1.165, 1.54) is 11.0 Å². The lowest BCUT2D eigenvalue weighted by Crippen LogP contribution is -2.28. The fraction of sp³-hybridized carbons (Fsp3) is 0.143. The molecule has 1 N–H and O–H groups in total. The fourth-order valence-electron chi connectivity index (χ4n) is 1.79. The zero-order valence-corrected chi connectivity index (χ0v) is 11.5. The zero-order valence-electron chi connectivity index (χ0n) is 11.5. The number of hydrogen-bond acceptors (Lipinski definition) is 6. The number of ether oxygens (including phenoxy) is 1. The maximum absolute atomic E-state index is 11.7. The largest absolute Gasteiger partial charge is 0.484 e. The van der Waals surface area contributed by atoms with Gasteiger partial charge in [0.25, 0.3) is 5.91 Å². The maximum atomic E-state index is 11.7. The van der Waals surface area contributed by atoms with E-state index in [1.807, 2.05) is 6.07 Å². The van der Waals surface area contributed by atoms with Crippen molar-refractivity contribution in [2.75, 3.05) is 6.61 Å². The van der Waals surface area contributed by atoms with Crippen molar-refractivity contribution in [3.8, 4) is 11.4 Å². The minimum atomic E-state index is -0.232. The van der Waals surface area contributed by atoms with Crippen LogP contribution in [-0.4, -0.2) is 32.7 Å². The van der Waals surface area contributed by atoms with Crippen molar-refractivity contribution in [3.05, 3.63) is 54.7 Å². The quantitative estimate of drug-likeness (QED) is 0.728. The monoisotopic (exact) mass is 299 g/mol. The van der Waals surface area contributed by atoms with Gasteiger partial charge >= 0.3 is 0 Å². The second kappa shape index (κ2) is 6.53. The average molecular weight is 299 g/mol. The molecule has 0 bridgehead atoms. The molecule has 112 valence electrons. The molecule has 8 heteroatoms. The third-order valence-electron chi connectivity index (χ3n) is 2.84. The maximum Gasteiger partial charge on any atom is 0.258 e. The van der Waals surface area contributed by atoms with Crippen LogP contribution in [0, 0.1) is 0 Å². The SMILES string of the molecule is O=C(COc1cccc(-n2cnnn2)c1)NCc1ccco1. The molecule has 0 aliphatic heterocycles. The summed E-state index contributed by atoms with van der Waals surface area (Å²) in [6, 6.07) is 10.7. The highest BCUT2D eigenvalue weighted by Gasteiger charge is 2.05. The van der Waals surface area contributed by atoms with Gasteiger partial charge in [0.05, 0.1) is 18.5 Å². The van der Waals surface area contributed by atoms with Gasteiger partial charge in [0.15, 0.2) is 6.61 Å². The normalized spacial score (nSPS) is 10.4. The van der Waals surface area contributed by atoms with Crippen LogP contribution in [0.2, 0.25) is 0 Å². The first-order valence-electron chi connectivity index (χ1n) is 6.56. The molecule has 0 fully saturated rings. The molecular formula is C14H13N5O3. The van der Waals surface area contributed by atoms with E-state index in [4.69, 9.17) is 9.15 Å². The lowest BCUT2D eigenvalue weighted by Gasteiger charge is -2.08. The Hall–Kier alpha value is -3.16.